The van der Waals surface area contributed by atoms with Crippen LogP contribution >= 0.6 is 31.9 Å². The lowest BCUT2D eigenvalue weighted by molar-refractivity contribution is 1.40. The molecule has 0 spiro atoms. The fraction of sp³-hybridized carbons (Fsp3) is 0. The van der Waals surface area contributed by atoms with Gasteiger partial charge in [0.05, 0.1) is 11.1 Å². The third-order valence-electron chi connectivity index (χ3n) is 3.73. The molecule has 0 fully saturated rings. The number of benzene rings is 3. The Hall–Kier alpha value is -2.40. The summed E-state index contributed by atoms with van der Waals surface area (Å²) in [5, 5.41) is 19.5. The first-order valence-electron chi connectivity index (χ1n) is 7.15. The first-order chi connectivity index (χ1) is 11.7. The van der Waals surface area contributed by atoms with Gasteiger partial charge in [0.1, 0.15) is 12.1 Å². The standard InChI is InChI=1S/C20H10Br2N2/c21-19-17(13-7-3-1-4-8-13)15(11-23)16(12-24)18(20(19)22)14-9-5-2-6-10-14/h1-10H. The van der Waals surface area contributed by atoms with Crippen molar-refractivity contribution in [2.75, 3.05) is 0 Å². The van der Waals surface area contributed by atoms with Crippen molar-refractivity contribution < 1.29 is 0 Å². The highest BCUT2D eigenvalue weighted by Crippen LogP contribution is 2.45. The van der Waals surface area contributed by atoms with Crippen molar-refractivity contribution in [2.24, 2.45) is 0 Å². The van der Waals surface area contributed by atoms with Crippen molar-refractivity contribution in [1.29, 1.82) is 10.5 Å². The maximum absolute atomic E-state index is 9.74. The molecule has 3 aromatic rings. The van der Waals surface area contributed by atoms with Crippen LogP contribution in [0.3, 0.4) is 0 Å². The minimum Gasteiger partial charge on any atom is -0.192 e. The molecule has 2 nitrogen and oxygen atoms in total. The SMILES string of the molecule is N#Cc1c(C#N)c(-c2ccccc2)c(Br)c(Br)c1-c1ccccc1. The molecule has 0 saturated heterocycles. The topological polar surface area (TPSA) is 47.6 Å². The molecule has 0 aliphatic rings. The highest BCUT2D eigenvalue weighted by atomic mass is 79.9. The van der Waals surface area contributed by atoms with Gasteiger partial charge in [-0.2, -0.15) is 10.5 Å². The molecule has 0 N–H and O–H groups in total. The fourth-order valence-corrected chi connectivity index (χ4v) is 3.92. The van der Waals surface area contributed by atoms with Gasteiger partial charge in [-0.15, -0.1) is 0 Å². The zero-order chi connectivity index (χ0) is 17.1. The van der Waals surface area contributed by atoms with E-state index in [2.05, 4.69) is 44.0 Å². The van der Waals surface area contributed by atoms with Gasteiger partial charge in [0.25, 0.3) is 0 Å². The highest BCUT2D eigenvalue weighted by Gasteiger charge is 2.23. The quantitative estimate of drug-likeness (QED) is 0.472. The van der Waals surface area contributed by atoms with Crippen LogP contribution in [0.2, 0.25) is 0 Å². The van der Waals surface area contributed by atoms with Gasteiger partial charge in [-0.1, -0.05) is 60.7 Å². The predicted octanol–water partition coefficient (Wildman–Crippen LogP) is 6.29. The summed E-state index contributed by atoms with van der Waals surface area (Å²) >= 11 is 7.23. The Morgan fingerprint density at radius 2 is 0.917 bits per heavy atom. The van der Waals surface area contributed by atoms with E-state index in [1.165, 1.54) is 0 Å². The molecule has 0 amide bonds. The Labute approximate surface area is 157 Å². The van der Waals surface area contributed by atoms with Crippen LogP contribution in [0.25, 0.3) is 22.3 Å². The Morgan fingerprint density at radius 1 is 0.583 bits per heavy atom. The lowest BCUT2D eigenvalue weighted by Crippen LogP contribution is -1.97. The molecule has 0 aliphatic carbocycles. The maximum atomic E-state index is 9.74. The molecular weight excluding hydrogens is 428 g/mol. The van der Waals surface area contributed by atoms with Crippen molar-refractivity contribution >= 4 is 31.9 Å². The van der Waals surface area contributed by atoms with E-state index in [4.69, 9.17) is 0 Å². The Bertz CT molecular complexity index is 900. The van der Waals surface area contributed by atoms with Gasteiger partial charge < -0.3 is 0 Å². The second kappa shape index (κ2) is 7.01. The zero-order valence-corrected chi connectivity index (χ0v) is 15.6. The summed E-state index contributed by atoms with van der Waals surface area (Å²) in [6.07, 6.45) is 0. The van der Waals surface area contributed by atoms with E-state index in [0.717, 1.165) is 31.2 Å². The van der Waals surface area contributed by atoms with E-state index in [0.29, 0.717) is 11.1 Å². The minimum atomic E-state index is 0.373. The van der Waals surface area contributed by atoms with Crippen LogP contribution in [0.4, 0.5) is 0 Å². The van der Waals surface area contributed by atoms with Gasteiger partial charge in [-0.05, 0) is 43.0 Å². The van der Waals surface area contributed by atoms with Crippen LogP contribution in [0, 0.1) is 22.7 Å². The van der Waals surface area contributed by atoms with Crippen LogP contribution < -0.4 is 0 Å². The summed E-state index contributed by atoms with van der Waals surface area (Å²) in [5.74, 6) is 0. The molecule has 0 atom stereocenters. The van der Waals surface area contributed by atoms with Crippen LogP contribution in [-0.2, 0) is 0 Å². The molecule has 0 unspecified atom stereocenters. The van der Waals surface area contributed by atoms with Crippen molar-refractivity contribution in [3.63, 3.8) is 0 Å². The first-order valence-corrected chi connectivity index (χ1v) is 8.73. The summed E-state index contributed by atoms with van der Waals surface area (Å²) in [4.78, 5) is 0. The molecule has 0 heterocycles. The van der Waals surface area contributed by atoms with Crippen LogP contribution in [0.5, 0.6) is 0 Å². The minimum absolute atomic E-state index is 0.373. The molecule has 0 radical (unpaired) electrons. The smallest absolute Gasteiger partial charge is 0.101 e. The van der Waals surface area contributed by atoms with E-state index in [9.17, 15) is 10.5 Å². The summed E-state index contributed by atoms with van der Waals surface area (Å²) in [6.45, 7) is 0. The molecule has 3 rings (SSSR count). The number of rotatable bonds is 2. The predicted molar refractivity (Wildman–Crippen MR) is 102 cm³/mol. The third-order valence-corrected chi connectivity index (χ3v) is 5.85. The van der Waals surface area contributed by atoms with Crippen LogP contribution in [-0.4, -0.2) is 0 Å². The summed E-state index contributed by atoms with van der Waals surface area (Å²) in [6, 6.07) is 23.6. The molecule has 3 aromatic carbocycles. The summed E-state index contributed by atoms with van der Waals surface area (Å²) < 4.78 is 1.53. The Balaban J connectivity index is 2.44. The van der Waals surface area contributed by atoms with Crippen molar-refractivity contribution in [2.45, 2.75) is 0 Å². The fourth-order valence-electron chi connectivity index (χ4n) is 2.66. The molecular formula is C20H10Br2N2. The number of halogens is 2. The molecule has 0 aliphatic heterocycles. The van der Waals surface area contributed by atoms with Gasteiger partial charge in [-0.3, -0.25) is 0 Å². The zero-order valence-electron chi connectivity index (χ0n) is 12.4. The number of hydrogen-bond acceptors (Lipinski definition) is 2. The molecule has 4 heteroatoms. The number of nitrogens with zero attached hydrogens (tertiary/aromatic N) is 2. The average molecular weight is 438 g/mol. The first kappa shape index (κ1) is 16.5. The molecule has 0 bridgehead atoms. The normalized spacial score (nSPS) is 10.0. The van der Waals surface area contributed by atoms with E-state index in [1.54, 1.807) is 0 Å². The molecule has 0 saturated carbocycles. The van der Waals surface area contributed by atoms with E-state index in [-0.39, 0.29) is 0 Å². The molecule has 0 aromatic heterocycles. The lowest BCUT2D eigenvalue weighted by atomic mass is 9.90. The second-order valence-corrected chi connectivity index (χ2v) is 6.67. The maximum Gasteiger partial charge on any atom is 0.101 e. The monoisotopic (exact) mass is 436 g/mol. The molecule has 24 heavy (non-hydrogen) atoms. The largest absolute Gasteiger partial charge is 0.192 e. The van der Waals surface area contributed by atoms with Gasteiger partial charge in [0, 0.05) is 20.1 Å². The van der Waals surface area contributed by atoms with E-state index >= 15 is 0 Å². The van der Waals surface area contributed by atoms with E-state index < -0.39 is 0 Å². The van der Waals surface area contributed by atoms with Crippen molar-refractivity contribution in [3.05, 3.63) is 80.7 Å². The van der Waals surface area contributed by atoms with Crippen LogP contribution in [0.15, 0.2) is 69.6 Å². The number of nitriles is 2. The third kappa shape index (κ3) is 2.76. The second-order valence-electron chi connectivity index (χ2n) is 5.08. The van der Waals surface area contributed by atoms with E-state index in [1.807, 2.05) is 60.7 Å². The Kier molecular flexibility index (Phi) is 4.81. The number of hydrogen-bond donors (Lipinski definition) is 0. The van der Waals surface area contributed by atoms with Gasteiger partial charge in [0.2, 0.25) is 0 Å². The van der Waals surface area contributed by atoms with Gasteiger partial charge >= 0.3 is 0 Å². The summed E-state index contributed by atoms with van der Waals surface area (Å²) in [7, 11) is 0. The average Bonchev–Trinajstić information content (AvgIpc) is 2.64. The lowest BCUT2D eigenvalue weighted by Gasteiger charge is -2.16. The van der Waals surface area contributed by atoms with Gasteiger partial charge in [-0.25, -0.2) is 0 Å². The Morgan fingerprint density at radius 3 is 1.21 bits per heavy atom. The molecule has 114 valence electrons. The van der Waals surface area contributed by atoms with Crippen molar-refractivity contribution in [1.82, 2.24) is 0 Å². The van der Waals surface area contributed by atoms with Gasteiger partial charge in [0.15, 0.2) is 0 Å². The summed E-state index contributed by atoms with van der Waals surface area (Å²) in [5.41, 5.74) is 3.97. The van der Waals surface area contributed by atoms with Crippen molar-refractivity contribution in [3.8, 4) is 34.4 Å². The highest BCUT2D eigenvalue weighted by molar-refractivity contribution is 9.13. The van der Waals surface area contributed by atoms with Crippen LogP contribution in [0.1, 0.15) is 11.1 Å².